The Morgan fingerprint density at radius 2 is 1.65 bits per heavy atom. The lowest BCUT2D eigenvalue weighted by atomic mass is 10.1. The van der Waals surface area contributed by atoms with E-state index < -0.39 is 0 Å². The molecular formula is C21H22N4O. The van der Waals surface area contributed by atoms with E-state index in [4.69, 9.17) is 0 Å². The molecule has 1 heterocycles. The van der Waals surface area contributed by atoms with Crippen LogP contribution in [-0.2, 0) is 0 Å². The molecule has 0 fully saturated rings. The van der Waals surface area contributed by atoms with Gasteiger partial charge < -0.3 is 10.6 Å². The molecular weight excluding hydrogens is 324 g/mol. The number of benzene rings is 2. The number of rotatable bonds is 4. The van der Waals surface area contributed by atoms with E-state index in [1.165, 1.54) is 5.56 Å². The van der Waals surface area contributed by atoms with Crippen molar-refractivity contribution in [2.75, 3.05) is 10.6 Å². The van der Waals surface area contributed by atoms with Crippen LogP contribution < -0.4 is 10.6 Å². The highest BCUT2D eigenvalue weighted by molar-refractivity contribution is 6.03. The Morgan fingerprint density at radius 1 is 0.923 bits per heavy atom. The van der Waals surface area contributed by atoms with Crippen molar-refractivity contribution in [3.05, 3.63) is 76.7 Å². The number of hydrogen-bond donors (Lipinski definition) is 2. The summed E-state index contributed by atoms with van der Waals surface area (Å²) in [7, 11) is 0. The molecule has 5 heteroatoms. The van der Waals surface area contributed by atoms with Crippen molar-refractivity contribution in [2.45, 2.75) is 27.7 Å². The first-order valence-electron chi connectivity index (χ1n) is 8.49. The number of aryl methyl sites for hydroxylation is 3. The van der Waals surface area contributed by atoms with Crippen molar-refractivity contribution in [1.29, 1.82) is 0 Å². The molecule has 0 bridgehead atoms. The molecule has 1 aromatic heterocycles. The number of anilines is 3. The van der Waals surface area contributed by atoms with Crippen LogP contribution in [0.2, 0.25) is 0 Å². The predicted molar refractivity (Wildman–Crippen MR) is 105 cm³/mol. The second kappa shape index (κ2) is 7.35. The minimum atomic E-state index is -0.261. The van der Waals surface area contributed by atoms with E-state index in [1.807, 2.05) is 43.3 Å². The van der Waals surface area contributed by atoms with E-state index in [0.29, 0.717) is 17.3 Å². The monoisotopic (exact) mass is 346 g/mol. The Morgan fingerprint density at radius 3 is 2.38 bits per heavy atom. The summed E-state index contributed by atoms with van der Waals surface area (Å²) < 4.78 is 0. The highest BCUT2D eigenvalue weighted by atomic mass is 16.1. The van der Waals surface area contributed by atoms with E-state index in [9.17, 15) is 4.79 Å². The Labute approximate surface area is 153 Å². The Bertz CT molecular complexity index is 949. The minimum absolute atomic E-state index is 0.261. The van der Waals surface area contributed by atoms with Crippen LogP contribution in [0.3, 0.4) is 0 Å². The summed E-state index contributed by atoms with van der Waals surface area (Å²) in [6, 6.07) is 15.4. The molecule has 2 aromatic carbocycles. The van der Waals surface area contributed by atoms with Gasteiger partial charge in [-0.2, -0.15) is 0 Å². The van der Waals surface area contributed by atoms with E-state index in [1.54, 1.807) is 13.0 Å². The molecule has 0 radical (unpaired) electrons. The van der Waals surface area contributed by atoms with Gasteiger partial charge in [0.05, 0.1) is 0 Å². The van der Waals surface area contributed by atoms with Gasteiger partial charge in [-0.05, 0) is 57.0 Å². The molecule has 0 atom stereocenters. The number of nitrogens with one attached hydrogen (secondary N) is 2. The molecule has 0 unspecified atom stereocenters. The molecule has 0 aliphatic rings. The van der Waals surface area contributed by atoms with Crippen molar-refractivity contribution in [2.24, 2.45) is 0 Å². The van der Waals surface area contributed by atoms with Gasteiger partial charge >= 0.3 is 0 Å². The third-order valence-corrected chi connectivity index (χ3v) is 4.25. The minimum Gasteiger partial charge on any atom is -0.340 e. The molecule has 132 valence electrons. The maximum atomic E-state index is 12.5. The fourth-order valence-corrected chi connectivity index (χ4v) is 2.60. The Kier molecular flexibility index (Phi) is 4.98. The molecule has 26 heavy (non-hydrogen) atoms. The molecule has 0 spiro atoms. The maximum Gasteiger partial charge on any atom is 0.274 e. The standard InChI is InChI=1S/C21H22N4O/c1-13-8-10-17(11-9-13)24-21(26)19-12-20(23-16(4)22-19)25-18-7-5-6-14(2)15(18)3/h5-12H,1-4H3,(H,24,26)(H,22,23,25). The third kappa shape index (κ3) is 4.06. The summed E-state index contributed by atoms with van der Waals surface area (Å²) in [4.78, 5) is 21.2. The largest absolute Gasteiger partial charge is 0.340 e. The van der Waals surface area contributed by atoms with Gasteiger partial charge in [0.15, 0.2) is 0 Å². The second-order valence-corrected chi connectivity index (χ2v) is 6.38. The van der Waals surface area contributed by atoms with Crippen molar-refractivity contribution in [1.82, 2.24) is 9.97 Å². The Hall–Kier alpha value is -3.21. The summed E-state index contributed by atoms with van der Waals surface area (Å²) >= 11 is 0. The van der Waals surface area contributed by atoms with Crippen LogP contribution in [0.25, 0.3) is 0 Å². The molecule has 3 rings (SSSR count). The van der Waals surface area contributed by atoms with E-state index in [-0.39, 0.29) is 5.91 Å². The first kappa shape index (κ1) is 17.6. The summed E-state index contributed by atoms with van der Waals surface area (Å²) in [5.74, 6) is 0.873. The first-order valence-corrected chi connectivity index (χ1v) is 8.49. The predicted octanol–water partition coefficient (Wildman–Crippen LogP) is 4.71. The molecule has 1 amide bonds. The second-order valence-electron chi connectivity index (χ2n) is 6.38. The van der Waals surface area contributed by atoms with Gasteiger partial charge in [0.2, 0.25) is 0 Å². The summed E-state index contributed by atoms with van der Waals surface area (Å²) in [5, 5.41) is 6.16. The van der Waals surface area contributed by atoms with E-state index in [2.05, 4.69) is 40.5 Å². The van der Waals surface area contributed by atoms with Crippen molar-refractivity contribution < 1.29 is 4.79 Å². The summed E-state index contributed by atoms with van der Waals surface area (Å²) in [6.45, 7) is 7.89. The van der Waals surface area contributed by atoms with E-state index >= 15 is 0 Å². The van der Waals surface area contributed by atoms with Gasteiger partial charge in [-0.15, -0.1) is 0 Å². The van der Waals surface area contributed by atoms with Gasteiger partial charge in [-0.25, -0.2) is 9.97 Å². The smallest absolute Gasteiger partial charge is 0.274 e. The zero-order chi connectivity index (χ0) is 18.7. The molecule has 0 aliphatic carbocycles. The lowest BCUT2D eigenvalue weighted by molar-refractivity contribution is 0.102. The van der Waals surface area contributed by atoms with Crippen LogP contribution in [-0.4, -0.2) is 15.9 Å². The van der Waals surface area contributed by atoms with Gasteiger partial charge in [0.1, 0.15) is 17.3 Å². The zero-order valence-corrected chi connectivity index (χ0v) is 15.4. The molecule has 3 aromatic rings. The van der Waals surface area contributed by atoms with Gasteiger partial charge in [-0.3, -0.25) is 4.79 Å². The van der Waals surface area contributed by atoms with Crippen molar-refractivity contribution in [3.8, 4) is 0 Å². The molecule has 2 N–H and O–H groups in total. The number of carbonyl (C=O) groups excluding carboxylic acids is 1. The van der Waals surface area contributed by atoms with Crippen molar-refractivity contribution in [3.63, 3.8) is 0 Å². The SMILES string of the molecule is Cc1ccc(NC(=O)c2cc(Nc3cccc(C)c3C)nc(C)n2)cc1. The molecule has 0 aliphatic heterocycles. The lowest BCUT2D eigenvalue weighted by Crippen LogP contribution is -2.15. The number of aromatic nitrogens is 2. The summed E-state index contributed by atoms with van der Waals surface area (Å²) in [6.07, 6.45) is 0. The fourth-order valence-electron chi connectivity index (χ4n) is 2.60. The van der Waals surface area contributed by atoms with Crippen LogP contribution in [0.15, 0.2) is 48.5 Å². The van der Waals surface area contributed by atoms with Gasteiger partial charge in [-0.1, -0.05) is 29.8 Å². The number of carbonyl (C=O) groups is 1. The molecule has 0 saturated carbocycles. The quantitative estimate of drug-likeness (QED) is 0.718. The topological polar surface area (TPSA) is 66.9 Å². The maximum absolute atomic E-state index is 12.5. The third-order valence-electron chi connectivity index (χ3n) is 4.25. The fraction of sp³-hybridized carbons (Fsp3) is 0.190. The highest BCUT2D eigenvalue weighted by Gasteiger charge is 2.12. The van der Waals surface area contributed by atoms with Crippen LogP contribution in [0.1, 0.15) is 33.0 Å². The van der Waals surface area contributed by atoms with Crippen LogP contribution in [0.5, 0.6) is 0 Å². The molecule has 0 saturated heterocycles. The normalized spacial score (nSPS) is 10.5. The first-order chi connectivity index (χ1) is 12.4. The average Bonchev–Trinajstić information content (AvgIpc) is 2.60. The van der Waals surface area contributed by atoms with Crippen LogP contribution in [0, 0.1) is 27.7 Å². The number of hydrogen-bond acceptors (Lipinski definition) is 4. The van der Waals surface area contributed by atoms with Gasteiger partial charge in [0.25, 0.3) is 5.91 Å². The number of nitrogens with zero attached hydrogens (tertiary/aromatic N) is 2. The van der Waals surface area contributed by atoms with E-state index in [0.717, 1.165) is 22.5 Å². The lowest BCUT2D eigenvalue weighted by Gasteiger charge is -2.12. The summed E-state index contributed by atoms with van der Waals surface area (Å²) in [5.41, 5.74) is 5.51. The van der Waals surface area contributed by atoms with Crippen LogP contribution >= 0.6 is 0 Å². The highest BCUT2D eigenvalue weighted by Crippen LogP contribution is 2.22. The zero-order valence-electron chi connectivity index (χ0n) is 15.4. The number of amides is 1. The average molecular weight is 346 g/mol. The molecule has 5 nitrogen and oxygen atoms in total. The van der Waals surface area contributed by atoms with Crippen molar-refractivity contribution >= 4 is 23.1 Å². The Balaban J connectivity index is 1.84. The van der Waals surface area contributed by atoms with Gasteiger partial charge in [0, 0.05) is 17.4 Å². The van der Waals surface area contributed by atoms with Crippen LogP contribution in [0.4, 0.5) is 17.2 Å².